The van der Waals surface area contributed by atoms with Gasteiger partial charge < -0.3 is 10.2 Å². The number of carbonyl (C=O) groups is 1. The Morgan fingerprint density at radius 2 is 1.53 bits per heavy atom. The number of amides is 2. The van der Waals surface area contributed by atoms with Gasteiger partial charge in [-0.15, -0.1) is 0 Å². The smallest absolute Gasteiger partial charge is 0.339 e. The van der Waals surface area contributed by atoms with Crippen LogP contribution in [0, 0.1) is 11.6 Å². The Hall–Kier alpha value is -4.63. The summed E-state index contributed by atoms with van der Waals surface area (Å²) in [5.74, 6) is -2.42. The standard InChI is InChI=1S/C29H21ClF5N5O4S/c30-18-13-22(31)26(23(32)14-18)37-45(43,44)21-11-16-5-8-39(27(16)24(15-21)40-10-7-36-28(40)42)20-3-1-19(2-4-20)38-9-6-17(12-25(38)41)29(33,34)35/h1-4,6,9,11-15,37H,5,7-8,10H2,(H,36,42). The van der Waals surface area contributed by atoms with E-state index in [2.05, 4.69) is 5.32 Å². The average molecular weight is 666 g/mol. The van der Waals surface area contributed by atoms with Crippen molar-refractivity contribution in [3.05, 3.63) is 105 Å². The van der Waals surface area contributed by atoms with Crippen LogP contribution >= 0.6 is 11.6 Å². The number of urea groups is 1. The minimum atomic E-state index is -4.66. The van der Waals surface area contributed by atoms with Crippen LogP contribution in [-0.4, -0.2) is 38.7 Å². The molecule has 234 valence electrons. The van der Waals surface area contributed by atoms with Gasteiger partial charge in [0.05, 0.1) is 21.8 Å². The lowest BCUT2D eigenvalue weighted by atomic mass is 10.1. The predicted octanol–water partition coefficient (Wildman–Crippen LogP) is 5.81. The summed E-state index contributed by atoms with van der Waals surface area (Å²) in [5, 5.41) is 2.41. The summed E-state index contributed by atoms with van der Waals surface area (Å²) in [5.41, 5.74) is -0.640. The molecule has 0 radical (unpaired) electrons. The van der Waals surface area contributed by atoms with Gasteiger partial charge in [0.1, 0.15) is 5.69 Å². The van der Waals surface area contributed by atoms with Crippen LogP contribution in [0.2, 0.25) is 5.02 Å². The quantitative estimate of drug-likeness (QED) is 0.253. The van der Waals surface area contributed by atoms with Crippen LogP contribution in [0.5, 0.6) is 0 Å². The molecule has 9 nitrogen and oxygen atoms in total. The lowest BCUT2D eigenvalue weighted by Crippen LogP contribution is -2.29. The van der Waals surface area contributed by atoms with Crippen molar-refractivity contribution in [2.75, 3.05) is 34.2 Å². The molecule has 1 aromatic heterocycles. The average Bonchev–Trinajstić information content (AvgIpc) is 3.60. The Kier molecular flexibility index (Phi) is 7.48. The Morgan fingerprint density at radius 1 is 0.867 bits per heavy atom. The van der Waals surface area contributed by atoms with Crippen molar-refractivity contribution >= 4 is 50.4 Å². The van der Waals surface area contributed by atoms with E-state index in [-0.39, 0.29) is 22.2 Å². The highest BCUT2D eigenvalue weighted by molar-refractivity contribution is 7.92. The van der Waals surface area contributed by atoms with Crippen molar-refractivity contribution in [1.82, 2.24) is 9.88 Å². The van der Waals surface area contributed by atoms with E-state index in [4.69, 9.17) is 11.6 Å². The fraction of sp³-hybridized carbons (Fsp3) is 0.172. The molecule has 0 saturated carbocycles. The van der Waals surface area contributed by atoms with Gasteiger partial charge in [0.15, 0.2) is 11.6 Å². The van der Waals surface area contributed by atoms with E-state index in [1.165, 1.54) is 17.0 Å². The maximum absolute atomic E-state index is 14.4. The maximum atomic E-state index is 14.4. The van der Waals surface area contributed by atoms with Gasteiger partial charge in [-0.25, -0.2) is 22.0 Å². The molecule has 3 heterocycles. The van der Waals surface area contributed by atoms with E-state index in [0.29, 0.717) is 48.2 Å². The topological polar surface area (TPSA) is 104 Å². The number of rotatable bonds is 6. The summed E-state index contributed by atoms with van der Waals surface area (Å²) < 4.78 is 97.6. The molecule has 0 atom stereocenters. The molecule has 0 bridgehead atoms. The highest BCUT2D eigenvalue weighted by atomic mass is 35.5. The van der Waals surface area contributed by atoms with Crippen LogP contribution in [0.25, 0.3) is 5.69 Å². The van der Waals surface area contributed by atoms with Gasteiger partial charge in [0.25, 0.3) is 15.6 Å². The van der Waals surface area contributed by atoms with Gasteiger partial charge in [0, 0.05) is 48.3 Å². The minimum absolute atomic E-state index is 0.215. The van der Waals surface area contributed by atoms with Crippen LogP contribution in [0.4, 0.5) is 49.5 Å². The molecular formula is C29H21ClF5N5O4S. The lowest BCUT2D eigenvalue weighted by Gasteiger charge is -2.27. The first kappa shape index (κ1) is 30.4. The van der Waals surface area contributed by atoms with Gasteiger partial charge in [-0.1, -0.05) is 11.6 Å². The molecule has 1 fully saturated rings. The van der Waals surface area contributed by atoms with Crippen molar-refractivity contribution in [2.24, 2.45) is 0 Å². The van der Waals surface area contributed by atoms with Gasteiger partial charge in [0.2, 0.25) is 0 Å². The Balaban J connectivity index is 1.38. The maximum Gasteiger partial charge on any atom is 0.416 e. The van der Waals surface area contributed by atoms with Gasteiger partial charge in [-0.2, -0.15) is 13.2 Å². The first-order chi connectivity index (χ1) is 21.2. The Morgan fingerprint density at radius 3 is 2.13 bits per heavy atom. The number of anilines is 4. The SMILES string of the molecule is O=C1NCCN1c1cc(S(=O)(=O)Nc2c(F)cc(Cl)cc2F)cc2c1N(c1ccc(-n3ccc(C(F)(F)F)cc3=O)cc1)CC2. The number of alkyl halides is 3. The third-order valence-corrected chi connectivity index (χ3v) is 8.95. The van der Waals surface area contributed by atoms with E-state index in [1.54, 1.807) is 24.3 Å². The molecule has 2 aliphatic rings. The second-order valence-corrected chi connectivity index (χ2v) is 12.3. The number of benzene rings is 3. The molecule has 16 heteroatoms. The zero-order valence-corrected chi connectivity index (χ0v) is 24.4. The fourth-order valence-electron chi connectivity index (χ4n) is 5.31. The largest absolute Gasteiger partial charge is 0.416 e. The molecule has 0 unspecified atom stereocenters. The Labute approximate surface area is 257 Å². The minimum Gasteiger partial charge on any atom is -0.339 e. The van der Waals surface area contributed by atoms with E-state index in [9.17, 15) is 40.0 Å². The Bertz CT molecular complexity index is 2000. The number of halogens is 6. The van der Waals surface area contributed by atoms with Gasteiger partial charge in [-0.3, -0.25) is 19.0 Å². The summed E-state index contributed by atoms with van der Waals surface area (Å²) in [7, 11) is -4.55. The highest BCUT2D eigenvalue weighted by Crippen LogP contribution is 2.44. The number of carbonyl (C=O) groups excluding carboxylic acids is 1. The summed E-state index contributed by atoms with van der Waals surface area (Å²) in [6.07, 6.45) is -3.29. The van der Waals surface area contributed by atoms with E-state index < -0.39 is 50.7 Å². The molecule has 45 heavy (non-hydrogen) atoms. The number of nitrogens with one attached hydrogen (secondary N) is 2. The van der Waals surface area contributed by atoms with Crippen LogP contribution < -0.4 is 25.4 Å². The lowest BCUT2D eigenvalue weighted by molar-refractivity contribution is -0.137. The van der Waals surface area contributed by atoms with E-state index >= 15 is 0 Å². The van der Waals surface area contributed by atoms with E-state index in [1.807, 2.05) is 9.62 Å². The van der Waals surface area contributed by atoms with E-state index in [0.717, 1.165) is 29.0 Å². The molecule has 6 rings (SSSR count). The summed E-state index contributed by atoms with van der Waals surface area (Å²) >= 11 is 5.66. The predicted molar refractivity (Wildman–Crippen MR) is 157 cm³/mol. The first-order valence-corrected chi connectivity index (χ1v) is 15.2. The molecule has 0 aliphatic carbocycles. The first-order valence-electron chi connectivity index (χ1n) is 13.3. The highest BCUT2D eigenvalue weighted by Gasteiger charge is 2.34. The van der Waals surface area contributed by atoms with Crippen LogP contribution in [-0.2, 0) is 22.6 Å². The third-order valence-electron chi connectivity index (χ3n) is 7.40. The fourth-order valence-corrected chi connectivity index (χ4v) is 6.65. The van der Waals surface area contributed by atoms with Crippen LogP contribution in [0.1, 0.15) is 11.1 Å². The number of fused-ring (bicyclic) bond motifs is 1. The van der Waals surface area contributed by atoms with Crippen LogP contribution in [0.3, 0.4) is 0 Å². The van der Waals surface area contributed by atoms with Gasteiger partial charge in [-0.05, 0) is 66.6 Å². The molecule has 4 aromatic rings. The van der Waals surface area contributed by atoms with Crippen molar-refractivity contribution in [3.63, 3.8) is 0 Å². The monoisotopic (exact) mass is 665 g/mol. The third kappa shape index (κ3) is 5.68. The number of hydrogen-bond acceptors (Lipinski definition) is 5. The molecule has 1 saturated heterocycles. The molecule has 3 aromatic carbocycles. The molecular weight excluding hydrogens is 645 g/mol. The zero-order chi connectivity index (χ0) is 32.3. The number of pyridine rings is 1. The van der Waals surface area contributed by atoms with Crippen LogP contribution in [0.15, 0.2) is 76.6 Å². The molecule has 0 spiro atoms. The second kappa shape index (κ2) is 11.1. The zero-order valence-electron chi connectivity index (χ0n) is 22.8. The molecule has 2 N–H and O–H groups in total. The normalized spacial score (nSPS) is 14.9. The number of nitrogens with zero attached hydrogens (tertiary/aromatic N) is 3. The van der Waals surface area contributed by atoms with Crippen molar-refractivity contribution < 1.29 is 35.2 Å². The molecule has 2 aliphatic heterocycles. The summed E-state index contributed by atoms with van der Waals surface area (Å²) in [6, 6.07) is 11.3. The second-order valence-electron chi connectivity index (χ2n) is 10.2. The molecule has 2 amide bonds. The summed E-state index contributed by atoms with van der Waals surface area (Å²) in [6.45, 7) is 0.863. The number of sulfonamides is 1. The van der Waals surface area contributed by atoms with Crippen molar-refractivity contribution in [1.29, 1.82) is 0 Å². The summed E-state index contributed by atoms with van der Waals surface area (Å²) in [4.78, 5) is 28.0. The number of aromatic nitrogens is 1. The number of hydrogen-bond donors (Lipinski definition) is 2. The van der Waals surface area contributed by atoms with Crippen molar-refractivity contribution in [3.8, 4) is 5.69 Å². The van der Waals surface area contributed by atoms with Gasteiger partial charge >= 0.3 is 12.2 Å². The van der Waals surface area contributed by atoms with Crippen molar-refractivity contribution in [2.45, 2.75) is 17.5 Å².